The minimum Gasteiger partial charge on any atom is -0.488 e. The number of methoxy groups -OCH3 is 1. The van der Waals surface area contributed by atoms with E-state index in [0.717, 1.165) is 11.3 Å². The highest BCUT2D eigenvalue weighted by molar-refractivity contribution is 7.91. The number of benzene rings is 1. The molecule has 1 aromatic rings. The van der Waals surface area contributed by atoms with Crippen molar-refractivity contribution in [1.29, 1.82) is 0 Å². The monoisotopic (exact) mass is 395 g/mol. The third-order valence-electron chi connectivity index (χ3n) is 5.35. The molecule has 1 saturated heterocycles. The lowest BCUT2D eigenvalue weighted by Gasteiger charge is -2.40. The zero-order valence-corrected chi connectivity index (χ0v) is 17.1. The van der Waals surface area contributed by atoms with Gasteiger partial charge in [0.05, 0.1) is 17.4 Å². The fourth-order valence-corrected chi connectivity index (χ4v) is 5.83. The van der Waals surface area contributed by atoms with Crippen molar-refractivity contribution < 1.29 is 22.7 Å². The normalized spacial score (nSPS) is 25.4. The largest absolute Gasteiger partial charge is 0.488 e. The third-order valence-corrected chi connectivity index (χ3v) is 7.10. The summed E-state index contributed by atoms with van der Waals surface area (Å²) in [5.41, 5.74) is 0.439. The summed E-state index contributed by atoms with van der Waals surface area (Å²) in [5.74, 6) is 0.623. The van der Waals surface area contributed by atoms with E-state index in [9.17, 15) is 13.2 Å². The first kappa shape index (κ1) is 20.1. The minimum absolute atomic E-state index is 0.00275. The summed E-state index contributed by atoms with van der Waals surface area (Å²) in [6.45, 7) is 5.02. The SMILES string of the molecule is COCCCN(C(=O)C1CC(C)(C)Oc2ccccc21)C1CCS(=O)(=O)C1. The van der Waals surface area contributed by atoms with Crippen LogP contribution in [0.15, 0.2) is 24.3 Å². The van der Waals surface area contributed by atoms with Crippen LogP contribution >= 0.6 is 0 Å². The molecule has 2 aliphatic heterocycles. The maximum atomic E-state index is 13.6. The fraction of sp³-hybridized carbons (Fsp3) is 0.650. The number of fused-ring (bicyclic) bond motifs is 1. The number of sulfone groups is 1. The Balaban J connectivity index is 1.89. The van der Waals surface area contributed by atoms with Gasteiger partial charge in [-0.05, 0) is 32.8 Å². The third kappa shape index (κ3) is 4.63. The highest BCUT2D eigenvalue weighted by Gasteiger charge is 2.42. The van der Waals surface area contributed by atoms with Gasteiger partial charge in [0.25, 0.3) is 0 Å². The number of carbonyl (C=O) groups is 1. The molecule has 150 valence electrons. The van der Waals surface area contributed by atoms with Gasteiger partial charge in [-0.2, -0.15) is 0 Å². The van der Waals surface area contributed by atoms with E-state index in [1.807, 2.05) is 38.1 Å². The second-order valence-corrected chi connectivity index (χ2v) is 10.3. The lowest BCUT2D eigenvalue weighted by molar-refractivity contribution is -0.137. The zero-order valence-electron chi connectivity index (χ0n) is 16.3. The molecule has 2 heterocycles. The molecular weight excluding hydrogens is 366 g/mol. The molecule has 27 heavy (non-hydrogen) atoms. The van der Waals surface area contributed by atoms with Crippen LogP contribution in [0.3, 0.4) is 0 Å². The van der Waals surface area contributed by atoms with Crippen molar-refractivity contribution in [3.05, 3.63) is 29.8 Å². The van der Waals surface area contributed by atoms with Crippen molar-refractivity contribution in [3.63, 3.8) is 0 Å². The van der Waals surface area contributed by atoms with Crippen molar-refractivity contribution in [2.75, 3.05) is 31.8 Å². The van der Waals surface area contributed by atoms with Crippen molar-refractivity contribution in [3.8, 4) is 5.75 Å². The van der Waals surface area contributed by atoms with Crippen molar-refractivity contribution in [1.82, 2.24) is 4.90 Å². The Morgan fingerprint density at radius 1 is 1.33 bits per heavy atom. The van der Waals surface area contributed by atoms with Gasteiger partial charge < -0.3 is 14.4 Å². The van der Waals surface area contributed by atoms with Crippen molar-refractivity contribution in [2.45, 2.75) is 50.7 Å². The summed E-state index contributed by atoms with van der Waals surface area (Å²) < 4.78 is 35.2. The summed E-state index contributed by atoms with van der Waals surface area (Å²) in [4.78, 5) is 15.4. The van der Waals surface area contributed by atoms with Crippen LogP contribution in [0.25, 0.3) is 0 Å². The molecule has 7 heteroatoms. The summed E-state index contributed by atoms with van der Waals surface area (Å²) in [5, 5.41) is 0. The molecule has 0 aliphatic carbocycles. The number of carbonyl (C=O) groups excluding carboxylic acids is 1. The molecule has 0 saturated carbocycles. The quantitative estimate of drug-likeness (QED) is 0.692. The van der Waals surface area contributed by atoms with Crippen LogP contribution in [-0.4, -0.2) is 62.6 Å². The lowest BCUT2D eigenvalue weighted by atomic mass is 9.83. The Bertz CT molecular complexity index is 789. The van der Waals surface area contributed by atoms with E-state index in [0.29, 0.717) is 32.4 Å². The molecule has 1 amide bonds. The zero-order chi connectivity index (χ0) is 19.7. The number of amides is 1. The Kier molecular flexibility index (Phi) is 5.82. The van der Waals surface area contributed by atoms with Gasteiger partial charge in [0.2, 0.25) is 5.91 Å². The molecular formula is C20H29NO5S. The number of ether oxygens (including phenoxy) is 2. The average molecular weight is 396 g/mol. The molecule has 2 atom stereocenters. The highest BCUT2D eigenvalue weighted by Crippen LogP contribution is 2.42. The van der Waals surface area contributed by atoms with Gasteiger partial charge in [-0.1, -0.05) is 18.2 Å². The van der Waals surface area contributed by atoms with Gasteiger partial charge in [0.1, 0.15) is 11.4 Å². The van der Waals surface area contributed by atoms with Crippen LogP contribution in [0.2, 0.25) is 0 Å². The molecule has 2 unspecified atom stereocenters. The molecule has 2 aliphatic rings. The van der Waals surface area contributed by atoms with Crippen LogP contribution in [0.4, 0.5) is 0 Å². The topological polar surface area (TPSA) is 72.9 Å². The van der Waals surface area contributed by atoms with Gasteiger partial charge in [-0.15, -0.1) is 0 Å². The van der Waals surface area contributed by atoms with Crippen LogP contribution < -0.4 is 4.74 Å². The van der Waals surface area contributed by atoms with Crippen molar-refractivity contribution >= 4 is 15.7 Å². The molecule has 0 N–H and O–H groups in total. The lowest BCUT2D eigenvalue weighted by Crippen LogP contribution is -2.47. The number of rotatable bonds is 6. The predicted molar refractivity (Wildman–Crippen MR) is 104 cm³/mol. The van der Waals surface area contributed by atoms with Gasteiger partial charge >= 0.3 is 0 Å². The maximum absolute atomic E-state index is 13.6. The molecule has 0 bridgehead atoms. The van der Waals surface area contributed by atoms with Crippen LogP contribution in [0.1, 0.15) is 44.6 Å². The molecule has 0 aromatic heterocycles. The minimum atomic E-state index is -3.07. The van der Waals surface area contributed by atoms with Gasteiger partial charge in [0, 0.05) is 38.3 Å². The van der Waals surface area contributed by atoms with Crippen molar-refractivity contribution in [2.24, 2.45) is 0 Å². The van der Waals surface area contributed by atoms with Gasteiger partial charge in [-0.3, -0.25) is 4.79 Å². The van der Waals surface area contributed by atoms with E-state index in [4.69, 9.17) is 9.47 Å². The van der Waals surface area contributed by atoms with E-state index in [-0.39, 0.29) is 29.4 Å². The van der Waals surface area contributed by atoms with Gasteiger partial charge in [-0.25, -0.2) is 8.42 Å². The Hall–Kier alpha value is -1.60. The molecule has 6 nitrogen and oxygen atoms in total. The van der Waals surface area contributed by atoms with E-state index >= 15 is 0 Å². The molecule has 0 spiro atoms. The Morgan fingerprint density at radius 3 is 2.74 bits per heavy atom. The first-order valence-corrected chi connectivity index (χ1v) is 11.3. The summed E-state index contributed by atoms with van der Waals surface area (Å²) in [7, 11) is -1.44. The van der Waals surface area contributed by atoms with E-state index in [1.54, 1.807) is 12.0 Å². The van der Waals surface area contributed by atoms with Gasteiger partial charge in [0.15, 0.2) is 9.84 Å². The second kappa shape index (κ2) is 7.80. The first-order valence-electron chi connectivity index (χ1n) is 9.50. The Labute approximate surface area is 161 Å². The first-order chi connectivity index (χ1) is 12.7. The van der Waals surface area contributed by atoms with E-state index < -0.39 is 15.4 Å². The highest BCUT2D eigenvalue weighted by atomic mass is 32.2. The summed E-state index contributed by atoms with van der Waals surface area (Å²) >= 11 is 0. The maximum Gasteiger partial charge on any atom is 0.230 e. The smallest absolute Gasteiger partial charge is 0.230 e. The average Bonchev–Trinajstić information content (AvgIpc) is 2.96. The van der Waals surface area contributed by atoms with Crippen LogP contribution in [0.5, 0.6) is 5.75 Å². The molecule has 1 fully saturated rings. The molecule has 1 aromatic carbocycles. The van der Waals surface area contributed by atoms with E-state index in [1.165, 1.54) is 0 Å². The summed E-state index contributed by atoms with van der Waals surface area (Å²) in [6, 6.07) is 7.40. The number of nitrogens with zero attached hydrogens (tertiary/aromatic N) is 1. The second-order valence-electron chi connectivity index (χ2n) is 8.09. The molecule has 0 radical (unpaired) electrons. The van der Waals surface area contributed by atoms with Crippen LogP contribution in [-0.2, 0) is 19.4 Å². The molecule has 3 rings (SSSR count). The Morgan fingerprint density at radius 2 is 2.07 bits per heavy atom. The standard InChI is InChI=1S/C20H29NO5S/c1-20(2)13-17(16-7-4-5-8-18(16)26-20)19(22)21(10-6-11-25-3)15-9-12-27(23,24)14-15/h4-5,7-8,15,17H,6,9-14H2,1-3H3. The van der Waals surface area contributed by atoms with E-state index in [2.05, 4.69) is 0 Å². The number of hydrogen-bond acceptors (Lipinski definition) is 5. The fourth-order valence-electron chi connectivity index (χ4n) is 4.10. The van der Waals surface area contributed by atoms with Crippen LogP contribution in [0, 0.1) is 0 Å². The summed E-state index contributed by atoms with van der Waals surface area (Å²) in [6.07, 6.45) is 1.77. The number of hydrogen-bond donors (Lipinski definition) is 0. The number of para-hydroxylation sites is 1. The predicted octanol–water partition coefficient (Wildman–Crippen LogP) is 2.38.